The Hall–Kier alpha value is -2.96. The van der Waals surface area contributed by atoms with Crippen molar-refractivity contribution in [1.82, 2.24) is 14.9 Å². The lowest BCUT2D eigenvalue weighted by Gasteiger charge is -2.36. The molecule has 1 aliphatic heterocycles. The zero-order chi connectivity index (χ0) is 25.0. The van der Waals surface area contributed by atoms with E-state index < -0.39 is 6.10 Å². The number of hydrogen-bond donors (Lipinski definition) is 1. The second kappa shape index (κ2) is 11.0. The van der Waals surface area contributed by atoms with E-state index >= 15 is 0 Å². The molecule has 0 spiro atoms. The summed E-state index contributed by atoms with van der Waals surface area (Å²) in [7, 11) is 1.70. The topological polar surface area (TPSA) is 67.7 Å². The molecule has 1 N–H and O–H groups in total. The smallest absolute Gasteiger partial charge is 0.161 e. The van der Waals surface area contributed by atoms with Crippen LogP contribution in [0.5, 0.6) is 11.5 Å². The third-order valence-electron chi connectivity index (χ3n) is 8.03. The van der Waals surface area contributed by atoms with Gasteiger partial charge in [-0.3, -0.25) is 14.9 Å². The van der Waals surface area contributed by atoms with Crippen molar-refractivity contribution < 1.29 is 14.6 Å². The van der Waals surface area contributed by atoms with E-state index in [0.717, 1.165) is 49.5 Å². The van der Waals surface area contributed by atoms with Crippen LogP contribution in [0.4, 0.5) is 0 Å². The van der Waals surface area contributed by atoms with E-state index in [-0.39, 0.29) is 17.4 Å². The summed E-state index contributed by atoms with van der Waals surface area (Å²) in [5.41, 5.74) is 3.07. The normalized spacial score (nSPS) is 23.6. The molecule has 190 valence electrons. The fourth-order valence-corrected chi connectivity index (χ4v) is 5.98. The van der Waals surface area contributed by atoms with Crippen molar-refractivity contribution in [3.63, 3.8) is 0 Å². The number of hydrogen-bond acceptors (Lipinski definition) is 6. The minimum atomic E-state index is -0.521. The molecule has 1 saturated heterocycles. The third kappa shape index (κ3) is 5.40. The van der Waals surface area contributed by atoms with Gasteiger partial charge in [-0.1, -0.05) is 25.1 Å². The Morgan fingerprint density at radius 3 is 2.42 bits per heavy atom. The first-order chi connectivity index (χ1) is 17.5. The molecular formula is C30H37N3O3. The van der Waals surface area contributed by atoms with Gasteiger partial charge in [0.1, 0.15) is 0 Å². The number of benzene rings is 1. The van der Waals surface area contributed by atoms with E-state index in [1.807, 2.05) is 36.7 Å². The third-order valence-corrected chi connectivity index (χ3v) is 8.03. The van der Waals surface area contributed by atoms with E-state index in [9.17, 15) is 5.11 Å². The molecule has 3 heterocycles. The molecule has 1 aromatic carbocycles. The number of pyridine rings is 2. The fourth-order valence-electron chi connectivity index (χ4n) is 5.98. The molecule has 2 aromatic heterocycles. The molecule has 0 amide bonds. The van der Waals surface area contributed by atoms with Crippen LogP contribution in [0, 0.1) is 5.41 Å². The summed E-state index contributed by atoms with van der Waals surface area (Å²) in [4.78, 5) is 11.0. The summed E-state index contributed by atoms with van der Waals surface area (Å²) in [6.45, 7) is 4.67. The van der Waals surface area contributed by atoms with Crippen LogP contribution in [-0.2, 0) is 13.0 Å². The van der Waals surface area contributed by atoms with Crippen LogP contribution in [0.3, 0.4) is 0 Å². The van der Waals surface area contributed by atoms with Gasteiger partial charge in [0.15, 0.2) is 11.5 Å². The first-order valence-corrected chi connectivity index (χ1v) is 13.1. The predicted molar refractivity (Wildman–Crippen MR) is 140 cm³/mol. The number of likely N-dealkylation sites (tertiary alicyclic amines) is 1. The second-order valence-corrected chi connectivity index (χ2v) is 10.6. The number of rotatable bonds is 9. The van der Waals surface area contributed by atoms with Crippen molar-refractivity contribution in [2.75, 3.05) is 20.2 Å². The van der Waals surface area contributed by atoms with E-state index in [4.69, 9.17) is 9.47 Å². The lowest BCUT2D eigenvalue weighted by molar-refractivity contribution is 0.0329. The number of aliphatic hydroxyl groups is 1. The van der Waals surface area contributed by atoms with E-state index in [0.29, 0.717) is 6.42 Å². The number of aromatic nitrogens is 2. The standard InChI is InChI=1S/C30H37N3O3/c1-30(29(34)15-22-7-5-13-31-17-22)21-33(19-23-8-6-14-32-18-23)20-26(30)24-11-12-27(35-2)28(16-24)36-25-9-3-4-10-25/h5-8,11-14,16-18,25-26,29,34H,3-4,9-10,15,19-21H2,1-2H3/t26-,29+,30+/m0/s1. The van der Waals surface area contributed by atoms with Crippen LogP contribution in [0.15, 0.2) is 67.3 Å². The van der Waals surface area contributed by atoms with Gasteiger partial charge in [-0.2, -0.15) is 0 Å². The zero-order valence-corrected chi connectivity index (χ0v) is 21.3. The summed E-state index contributed by atoms with van der Waals surface area (Å²) in [5.74, 6) is 1.72. The summed E-state index contributed by atoms with van der Waals surface area (Å²) < 4.78 is 12.1. The average molecular weight is 488 g/mol. The maximum absolute atomic E-state index is 11.7. The van der Waals surface area contributed by atoms with Gasteiger partial charge in [0, 0.05) is 62.2 Å². The lowest BCUT2D eigenvalue weighted by atomic mass is 9.70. The van der Waals surface area contributed by atoms with Gasteiger partial charge in [0.05, 0.1) is 19.3 Å². The van der Waals surface area contributed by atoms with Crippen molar-refractivity contribution in [3.05, 3.63) is 83.9 Å². The Balaban J connectivity index is 1.45. The van der Waals surface area contributed by atoms with Gasteiger partial charge >= 0.3 is 0 Å². The molecule has 1 saturated carbocycles. The van der Waals surface area contributed by atoms with Crippen LogP contribution in [-0.4, -0.2) is 52.4 Å². The van der Waals surface area contributed by atoms with Crippen molar-refractivity contribution in [3.8, 4) is 11.5 Å². The van der Waals surface area contributed by atoms with Gasteiger partial charge in [-0.15, -0.1) is 0 Å². The van der Waals surface area contributed by atoms with E-state index in [2.05, 4.69) is 40.0 Å². The Morgan fingerprint density at radius 1 is 1.03 bits per heavy atom. The summed E-state index contributed by atoms with van der Waals surface area (Å²) in [5, 5.41) is 11.7. The number of ether oxygens (including phenoxy) is 2. The SMILES string of the molecule is COc1ccc([C@@H]2CN(Cc3cccnc3)C[C@@]2(C)[C@H](O)Cc2cccnc2)cc1OC1CCCC1. The molecule has 3 aromatic rings. The Bertz CT molecular complexity index is 1120. The van der Waals surface area contributed by atoms with E-state index in [1.165, 1.54) is 24.0 Å². The number of aliphatic hydroxyl groups excluding tert-OH is 1. The molecule has 6 nitrogen and oxygen atoms in total. The quantitative estimate of drug-likeness (QED) is 0.457. The fraction of sp³-hybridized carbons (Fsp3) is 0.467. The van der Waals surface area contributed by atoms with Crippen LogP contribution in [0.2, 0.25) is 0 Å². The minimum absolute atomic E-state index is 0.137. The van der Waals surface area contributed by atoms with Gasteiger partial charge in [0.25, 0.3) is 0 Å². The van der Waals surface area contributed by atoms with Crippen LogP contribution in [0.25, 0.3) is 0 Å². The first-order valence-electron chi connectivity index (χ1n) is 13.1. The van der Waals surface area contributed by atoms with Crippen LogP contribution < -0.4 is 9.47 Å². The maximum Gasteiger partial charge on any atom is 0.161 e. The molecule has 2 fully saturated rings. The number of methoxy groups -OCH3 is 1. The Kier molecular flexibility index (Phi) is 7.54. The van der Waals surface area contributed by atoms with Gasteiger partial charge in [0.2, 0.25) is 0 Å². The molecule has 0 bridgehead atoms. The van der Waals surface area contributed by atoms with Crippen molar-refractivity contribution in [1.29, 1.82) is 0 Å². The Labute approximate surface area is 214 Å². The Morgan fingerprint density at radius 2 is 1.75 bits per heavy atom. The minimum Gasteiger partial charge on any atom is -0.493 e. The second-order valence-electron chi connectivity index (χ2n) is 10.6. The highest BCUT2D eigenvalue weighted by molar-refractivity contribution is 5.45. The van der Waals surface area contributed by atoms with Crippen LogP contribution in [0.1, 0.15) is 55.2 Å². The highest BCUT2D eigenvalue weighted by atomic mass is 16.5. The molecule has 36 heavy (non-hydrogen) atoms. The largest absolute Gasteiger partial charge is 0.493 e. The molecule has 1 aliphatic carbocycles. The zero-order valence-electron chi connectivity index (χ0n) is 21.3. The predicted octanol–water partition coefficient (Wildman–Crippen LogP) is 5.02. The highest BCUT2D eigenvalue weighted by Gasteiger charge is 2.48. The number of nitrogens with zero attached hydrogens (tertiary/aromatic N) is 3. The summed E-state index contributed by atoms with van der Waals surface area (Å²) in [6, 6.07) is 14.4. The van der Waals surface area contributed by atoms with Crippen LogP contribution >= 0.6 is 0 Å². The van der Waals surface area contributed by atoms with Crippen molar-refractivity contribution in [2.24, 2.45) is 5.41 Å². The first kappa shape index (κ1) is 24.7. The highest BCUT2D eigenvalue weighted by Crippen LogP contribution is 2.48. The summed E-state index contributed by atoms with van der Waals surface area (Å²) in [6.07, 6.45) is 12.3. The van der Waals surface area contributed by atoms with Crippen molar-refractivity contribution >= 4 is 0 Å². The molecule has 5 rings (SSSR count). The lowest BCUT2D eigenvalue weighted by Crippen LogP contribution is -2.40. The molecule has 6 heteroatoms. The monoisotopic (exact) mass is 487 g/mol. The van der Waals surface area contributed by atoms with E-state index in [1.54, 1.807) is 19.5 Å². The van der Waals surface area contributed by atoms with Gasteiger partial charge in [-0.05, 0) is 66.6 Å². The molecule has 0 unspecified atom stereocenters. The van der Waals surface area contributed by atoms with Gasteiger partial charge in [-0.25, -0.2) is 0 Å². The molecular weight excluding hydrogens is 450 g/mol. The average Bonchev–Trinajstić information content (AvgIpc) is 3.53. The maximum atomic E-state index is 11.7. The molecule has 0 radical (unpaired) electrons. The summed E-state index contributed by atoms with van der Waals surface area (Å²) >= 11 is 0. The van der Waals surface area contributed by atoms with Gasteiger partial charge < -0.3 is 14.6 Å². The molecule has 2 aliphatic rings. The van der Waals surface area contributed by atoms with Crippen molar-refractivity contribution in [2.45, 2.75) is 63.7 Å². The molecule has 3 atom stereocenters.